The van der Waals surface area contributed by atoms with Crippen molar-refractivity contribution in [3.05, 3.63) is 10.4 Å². The minimum absolute atomic E-state index is 0.117. The van der Waals surface area contributed by atoms with Gasteiger partial charge >= 0.3 is 0 Å². The fourth-order valence-corrected chi connectivity index (χ4v) is 1.69. The molecular weight excluding hydrogens is 172 g/mol. The molecule has 0 aromatic carbocycles. The van der Waals surface area contributed by atoms with E-state index in [0.717, 1.165) is 24.1 Å². The third-order valence-electron chi connectivity index (χ3n) is 1.61. The predicted molar refractivity (Wildman–Crippen MR) is 47.1 cm³/mol. The van der Waals surface area contributed by atoms with E-state index in [4.69, 9.17) is 10.4 Å². The molecular formula is C8H10N2OS. The molecule has 0 unspecified atom stereocenters. The molecule has 1 N–H and O–H groups in total. The maximum atomic E-state index is 9.11. The van der Waals surface area contributed by atoms with Crippen LogP contribution in [0.15, 0.2) is 0 Å². The Morgan fingerprint density at radius 1 is 1.67 bits per heavy atom. The van der Waals surface area contributed by atoms with Gasteiger partial charge in [0, 0.05) is 4.88 Å². The molecule has 64 valence electrons. The summed E-state index contributed by atoms with van der Waals surface area (Å²) >= 11 is 1.22. The van der Waals surface area contributed by atoms with Crippen LogP contribution in [-0.2, 0) is 6.42 Å². The Balaban J connectivity index is 2.79. The molecule has 0 radical (unpaired) electrons. The molecule has 0 aliphatic rings. The molecule has 3 nitrogen and oxygen atoms in total. The zero-order valence-corrected chi connectivity index (χ0v) is 7.69. The first-order chi connectivity index (χ1) is 5.79. The van der Waals surface area contributed by atoms with E-state index in [2.05, 4.69) is 11.3 Å². The van der Waals surface area contributed by atoms with Crippen molar-refractivity contribution >= 4 is 11.5 Å². The molecule has 0 spiro atoms. The molecule has 0 bridgehead atoms. The van der Waals surface area contributed by atoms with Gasteiger partial charge in [-0.05, 0) is 24.4 Å². The fraction of sp³-hybridized carbons (Fsp3) is 0.500. The first-order valence-electron chi connectivity index (χ1n) is 3.87. The molecule has 0 fully saturated rings. The van der Waals surface area contributed by atoms with Crippen molar-refractivity contribution in [2.45, 2.75) is 26.2 Å². The normalized spacial score (nSPS) is 9.67. The molecule has 0 amide bonds. The van der Waals surface area contributed by atoms with E-state index < -0.39 is 0 Å². The summed E-state index contributed by atoms with van der Waals surface area (Å²) in [4.78, 5) is 0.900. The highest BCUT2D eigenvalue weighted by Gasteiger charge is 2.10. The summed E-state index contributed by atoms with van der Waals surface area (Å²) in [5.74, 6) is -0.117. The Bertz CT molecular complexity index is 300. The van der Waals surface area contributed by atoms with Gasteiger partial charge in [-0.2, -0.15) is 9.64 Å². The minimum Gasteiger partial charge on any atom is -0.492 e. The second kappa shape index (κ2) is 4.07. The van der Waals surface area contributed by atoms with Crippen molar-refractivity contribution in [3.8, 4) is 11.9 Å². The highest BCUT2D eigenvalue weighted by atomic mass is 32.1. The van der Waals surface area contributed by atoms with Crippen LogP contribution in [0, 0.1) is 11.3 Å². The van der Waals surface area contributed by atoms with Crippen LogP contribution in [0.1, 0.15) is 30.2 Å². The molecule has 1 aromatic rings. The van der Waals surface area contributed by atoms with Crippen molar-refractivity contribution in [3.63, 3.8) is 0 Å². The van der Waals surface area contributed by atoms with E-state index in [1.165, 1.54) is 11.5 Å². The molecule has 0 aliphatic heterocycles. The molecule has 0 aliphatic carbocycles. The van der Waals surface area contributed by atoms with Crippen LogP contribution < -0.4 is 0 Å². The highest BCUT2D eigenvalue weighted by Crippen LogP contribution is 2.24. The molecule has 0 saturated carbocycles. The van der Waals surface area contributed by atoms with E-state index in [0.29, 0.717) is 5.56 Å². The van der Waals surface area contributed by atoms with Gasteiger partial charge in [-0.3, -0.25) is 0 Å². The molecule has 4 heteroatoms. The van der Waals surface area contributed by atoms with Gasteiger partial charge in [-0.15, -0.1) is 0 Å². The van der Waals surface area contributed by atoms with Gasteiger partial charge in [0.2, 0.25) is 5.88 Å². The minimum atomic E-state index is -0.117. The molecule has 1 aromatic heterocycles. The van der Waals surface area contributed by atoms with Crippen LogP contribution >= 0.6 is 11.5 Å². The van der Waals surface area contributed by atoms with Crippen LogP contribution in [0.3, 0.4) is 0 Å². The van der Waals surface area contributed by atoms with Crippen LogP contribution in [0.4, 0.5) is 0 Å². The predicted octanol–water partition coefficient (Wildman–Crippen LogP) is 2.06. The maximum Gasteiger partial charge on any atom is 0.241 e. The van der Waals surface area contributed by atoms with Gasteiger partial charge in [0.25, 0.3) is 0 Å². The smallest absolute Gasteiger partial charge is 0.241 e. The largest absolute Gasteiger partial charge is 0.492 e. The second-order valence-electron chi connectivity index (χ2n) is 2.52. The Morgan fingerprint density at radius 2 is 2.42 bits per heavy atom. The van der Waals surface area contributed by atoms with Crippen molar-refractivity contribution in [2.75, 3.05) is 0 Å². The van der Waals surface area contributed by atoms with E-state index in [-0.39, 0.29) is 5.88 Å². The number of aryl methyl sites for hydroxylation is 1. The number of hydrogen-bond acceptors (Lipinski definition) is 4. The van der Waals surface area contributed by atoms with Crippen LogP contribution in [0.5, 0.6) is 5.88 Å². The summed E-state index contributed by atoms with van der Waals surface area (Å²) in [5.41, 5.74) is 0.355. The summed E-state index contributed by atoms with van der Waals surface area (Å²) in [6, 6.07) is 1.95. The Hall–Kier alpha value is -1.08. The maximum absolute atomic E-state index is 9.11. The standard InChI is InChI=1S/C8H10N2OS/c1-2-3-4-7-6(5-9)8(11)10-12-7/h2-4H2,1H3,(H,10,11). The van der Waals surface area contributed by atoms with Gasteiger partial charge in [0.05, 0.1) is 0 Å². The number of aromatic hydroxyl groups is 1. The lowest BCUT2D eigenvalue weighted by atomic mass is 10.2. The lowest BCUT2D eigenvalue weighted by Crippen LogP contribution is -1.83. The average Bonchev–Trinajstić information content (AvgIpc) is 2.43. The van der Waals surface area contributed by atoms with Crippen LogP contribution in [-0.4, -0.2) is 9.48 Å². The summed E-state index contributed by atoms with van der Waals surface area (Å²) < 4.78 is 3.72. The highest BCUT2D eigenvalue weighted by molar-refractivity contribution is 7.06. The molecule has 0 saturated heterocycles. The summed E-state index contributed by atoms with van der Waals surface area (Å²) in [7, 11) is 0. The Morgan fingerprint density at radius 3 is 3.00 bits per heavy atom. The lowest BCUT2D eigenvalue weighted by Gasteiger charge is -1.92. The van der Waals surface area contributed by atoms with Crippen LogP contribution in [0.2, 0.25) is 0 Å². The quantitative estimate of drug-likeness (QED) is 0.778. The Labute approximate surface area is 75.4 Å². The zero-order valence-electron chi connectivity index (χ0n) is 6.87. The van der Waals surface area contributed by atoms with Crippen molar-refractivity contribution in [1.29, 1.82) is 5.26 Å². The van der Waals surface area contributed by atoms with Crippen molar-refractivity contribution in [1.82, 2.24) is 4.37 Å². The monoisotopic (exact) mass is 182 g/mol. The van der Waals surface area contributed by atoms with E-state index >= 15 is 0 Å². The summed E-state index contributed by atoms with van der Waals surface area (Å²) in [5, 5.41) is 17.8. The first kappa shape index (κ1) is 9.01. The van der Waals surface area contributed by atoms with Crippen molar-refractivity contribution < 1.29 is 5.11 Å². The van der Waals surface area contributed by atoms with Gasteiger partial charge in [0.15, 0.2) is 0 Å². The second-order valence-corrected chi connectivity index (χ2v) is 3.38. The molecule has 1 heterocycles. The topological polar surface area (TPSA) is 56.9 Å². The first-order valence-corrected chi connectivity index (χ1v) is 4.64. The van der Waals surface area contributed by atoms with Crippen LogP contribution in [0.25, 0.3) is 0 Å². The number of hydrogen-bond donors (Lipinski definition) is 1. The summed E-state index contributed by atoms with van der Waals surface area (Å²) in [6.07, 6.45) is 2.97. The van der Waals surface area contributed by atoms with E-state index in [9.17, 15) is 0 Å². The van der Waals surface area contributed by atoms with E-state index in [1.807, 2.05) is 6.07 Å². The third-order valence-corrected chi connectivity index (χ3v) is 2.51. The van der Waals surface area contributed by atoms with Gasteiger partial charge in [0.1, 0.15) is 11.6 Å². The third kappa shape index (κ3) is 1.74. The molecule has 1 rings (SSSR count). The van der Waals surface area contributed by atoms with Gasteiger partial charge < -0.3 is 5.11 Å². The fourth-order valence-electron chi connectivity index (χ4n) is 0.935. The zero-order chi connectivity index (χ0) is 8.97. The lowest BCUT2D eigenvalue weighted by molar-refractivity contribution is 0.458. The number of aromatic nitrogens is 1. The van der Waals surface area contributed by atoms with Gasteiger partial charge in [-0.1, -0.05) is 13.3 Å². The molecule has 0 atom stereocenters. The average molecular weight is 182 g/mol. The van der Waals surface area contributed by atoms with Gasteiger partial charge in [-0.25, -0.2) is 0 Å². The number of unbranched alkanes of at least 4 members (excludes halogenated alkanes) is 1. The molecule has 12 heavy (non-hydrogen) atoms. The van der Waals surface area contributed by atoms with Crippen molar-refractivity contribution in [2.24, 2.45) is 0 Å². The summed E-state index contributed by atoms with van der Waals surface area (Å²) in [6.45, 7) is 2.09. The SMILES string of the molecule is CCCCc1snc(O)c1C#N. The Kier molecular flexibility index (Phi) is 3.06. The number of nitrogens with zero attached hydrogens (tertiary/aromatic N) is 2. The number of nitriles is 1. The van der Waals surface area contributed by atoms with E-state index in [1.54, 1.807) is 0 Å². The number of rotatable bonds is 3.